The summed E-state index contributed by atoms with van der Waals surface area (Å²) < 4.78 is 42.2. The fourth-order valence-corrected chi connectivity index (χ4v) is 1.46. The first-order valence-corrected chi connectivity index (χ1v) is 5.48. The average Bonchev–Trinajstić information content (AvgIpc) is 2.40. The first-order chi connectivity index (χ1) is 9.36. The largest absolute Gasteiger partial charge is 0.477 e. The van der Waals surface area contributed by atoms with Crippen LogP contribution in [0.15, 0.2) is 12.3 Å². The Balaban J connectivity index is 0.00000172. The number of carboxylic acids is 1. The van der Waals surface area contributed by atoms with Gasteiger partial charge in [-0.3, -0.25) is 11.7 Å². The first-order valence-electron chi connectivity index (χ1n) is 5.48. The third-order valence-corrected chi connectivity index (χ3v) is 2.29. The number of nitrogens with two attached hydrogens (primary N) is 2. The molecule has 0 aliphatic carbocycles. The molecule has 0 aliphatic rings. The van der Waals surface area contributed by atoms with Crippen molar-refractivity contribution in [2.45, 2.75) is 19.0 Å². The first kappa shape index (κ1) is 18.3. The van der Waals surface area contributed by atoms with Gasteiger partial charge in [0.2, 0.25) is 0 Å². The van der Waals surface area contributed by atoms with E-state index in [-0.39, 0.29) is 17.7 Å². The Hall–Kier alpha value is -1.71. The molecule has 20 heavy (non-hydrogen) atoms. The summed E-state index contributed by atoms with van der Waals surface area (Å²) in [6.07, 6.45) is -3.39. The highest BCUT2D eigenvalue weighted by molar-refractivity contribution is 5.87. The van der Waals surface area contributed by atoms with E-state index in [1.807, 2.05) is 0 Å². The molecule has 0 unspecified atom stereocenters. The molecule has 9 heteroatoms. The number of rotatable bonds is 5. The molecule has 6 nitrogen and oxygen atoms in total. The van der Waals surface area contributed by atoms with Crippen molar-refractivity contribution in [2.24, 2.45) is 11.7 Å². The zero-order valence-electron chi connectivity index (χ0n) is 10.8. The van der Waals surface area contributed by atoms with Crippen molar-refractivity contribution in [3.63, 3.8) is 0 Å². The Morgan fingerprint density at radius 1 is 1.45 bits per heavy atom. The normalized spacial score (nSPS) is 10.7. The van der Waals surface area contributed by atoms with Crippen LogP contribution in [0.3, 0.4) is 0 Å². The predicted molar refractivity (Wildman–Crippen MR) is 64.8 cm³/mol. The van der Waals surface area contributed by atoms with Gasteiger partial charge < -0.3 is 9.84 Å². The zero-order valence-corrected chi connectivity index (χ0v) is 10.8. The number of ether oxygens (including phenoxy) is 1. The van der Waals surface area contributed by atoms with E-state index in [9.17, 15) is 18.0 Å². The van der Waals surface area contributed by atoms with Crippen LogP contribution in [0.4, 0.5) is 13.2 Å². The van der Waals surface area contributed by atoms with Gasteiger partial charge in [-0.05, 0) is 24.5 Å². The number of aromatic nitrogens is 1. The van der Waals surface area contributed by atoms with Crippen LogP contribution in [-0.4, -0.2) is 29.8 Å². The lowest BCUT2D eigenvalue weighted by Gasteiger charge is -2.10. The molecular weight excluding hydrogens is 279 g/mol. The van der Waals surface area contributed by atoms with Gasteiger partial charge in [-0.1, -0.05) is 0 Å². The molecule has 0 saturated carbocycles. The van der Waals surface area contributed by atoms with E-state index < -0.39 is 17.7 Å². The molecule has 1 aromatic heterocycles. The van der Waals surface area contributed by atoms with Gasteiger partial charge in [0.1, 0.15) is 0 Å². The summed E-state index contributed by atoms with van der Waals surface area (Å²) in [6, 6.07) is 0.826. The van der Waals surface area contributed by atoms with Crippen LogP contribution in [0.25, 0.3) is 0 Å². The van der Waals surface area contributed by atoms with E-state index in [4.69, 9.17) is 9.84 Å². The molecule has 1 heterocycles. The quantitative estimate of drug-likeness (QED) is 0.427. The third kappa shape index (κ3) is 5.51. The highest BCUT2D eigenvalue weighted by Crippen LogP contribution is 2.30. The smallest absolute Gasteiger partial charge is 0.417 e. The minimum absolute atomic E-state index is 0.0642. The number of pyridine rings is 1. The van der Waals surface area contributed by atoms with E-state index in [2.05, 4.69) is 16.7 Å². The molecule has 0 amide bonds. The Kier molecular flexibility index (Phi) is 7.74. The Bertz CT molecular complexity index is 439. The number of nitrogens with zero attached hydrogens (tertiary/aromatic N) is 1. The summed E-state index contributed by atoms with van der Waals surface area (Å²) in [6.45, 7) is 0.343. The zero-order chi connectivity index (χ0) is 15.8. The number of hydrazine groups is 1. The molecule has 1 rings (SSSR count). The molecular formula is C11H16F3N3O3. The molecule has 5 N–H and O–H groups in total. The topological polar surface area (TPSA) is 111 Å². The van der Waals surface area contributed by atoms with Crippen LogP contribution in [0.2, 0.25) is 0 Å². The summed E-state index contributed by atoms with van der Waals surface area (Å²) in [4.78, 5) is 14.2. The number of methoxy groups -OCH3 is 1. The van der Waals surface area contributed by atoms with Crippen molar-refractivity contribution < 1.29 is 27.8 Å². The van der Waals surface area contributed by atoms with E-state index in [0.717, 1.165) is 6.07 Å². The number of carboxylic acid groups (broad SMARTS) is 1. The van der Waals surface area contributed by atoms with Gasteiger partial charge >= 0.3 is 12.1 Å². The number of alkyl halides is 3. The number of hydrogen-bond acceptors (Lipinski definition) is 5. The van der Waals surface area contributed by atoms with Gasteiger partial charge in [0.05, 0.1) is 5.56 Å². The Morgan fingerprint density at radius 3 is 2.50 bits per heavy atom. The maximum atomic E-state index is 12.5. The molecule has 0 aliphatic heterocycles. The number of halogens is 3. The van der Waals surface area contributed by atoms with Gasteiger partial charge in [-0.15, -0.1) is 0 Å². The third-order valence-electron chi connectivity index (χ3n) is 2.29. The van der Waals surface area contributed by atoms with Crippen LogP contribution in [0.1, 0.15) is 28.0 Å². The highest BCUT2D eigenvalue weighted by atomic mass is 19.4. The summed E-state index contributed by atoms with van der Waals surface area (Å²) in [5, 5.41) is 8.84. The van der Waals surface area contributed by atoms with Crippen LogP contribution in [-0.2, 0) is 17.3 Å². The van der Waals surface area contributed by atoms with Gasteiger partial charge in [0.25, 0.3) is 0 Å². The second-order valence-electron chi connectivity index (χ2n) is 3.63. The lowest BCUT2D eigenvalue weighted by atomic mass is 10.1. The van der Waals surface area contributed by atoms with Gasteiger partial charge in [-0.2, -0.15) is 13.2 Å². The van der Waals surface area contributed by atoms with E-state index in [1.165, 1.54) is 7.11 Å². The van der Waals surface area contributed by atoms with Crippen molar-refractivity contribution >= 4 is 5.97 Å². The molecule has 114 valence electrons. The summed E-state index contributed by atoms with van der Waals surface area (Å²) in [7, 11) is 1.46. The fraction of sp³-hybridized carbons (Fsp3) is 0.455. The lowest BCUT2D eigenvalue weighted by Crippen LogP contribution is -2.12. The van der Waals surface area contributed by atoms with Crippen molar-refractivity contribution in [3.05, 3.63) is 29.1 Å². The second kappa shape index (κ2) is 8.46. The molecule has 0 fully saturated rings. The Labute approximate surface area is 113 Å². The SMILES string of the molecule is COCCCc1cc(C(F)(F)F)cnc1C(=O)O.NN. The van der Waals surface area contributed by atoms with Gasteiger partial charge in [0, 0.05) is 19.9 Å². The van der Waals surface area contributed by atoms with Crippen molar-refractivity contribution in [3.8, 4) is 0 Å². The minimum Gasteiger partial charge on any atom is -0.477 e. The molecule has 0 radical (unpaired) electrons. The number of hydrogen-bond donors (Lipinski definition) is 3. The van der Waals surface area contributed by atoms with Crippen LogP contribution >= 0.6 is 0 Å². The van der Waals surface area contributed by atoms with E-state index in [1.54, 1.807) is 0 Å². The monoisotopic (exact) mass is 295 g/mol. The van der Waals surface area contributed by atoms with Crippen molar-refractivity contribution in [1.29, 1.82) is 0 Å². The molecule has 0 saturated heterocycles. The fourth-order valence-electron chi connectivity index (χ4n) is 1.46. The van der Waals surface area contributed by atoms with Crippen molar-refractivity contribution in [1.82, 2.24) is 4.98 Å². The Morgan fingerprint density at radius 2 is 2.05 bits per heavy atom. The standard InChI is InChI=1S/C11H12F3NO3.H4N2/c1-18-4-2-3-7-5-8(11(12,13)14)6-15-9(7)10(16)17;1-2/h5-6H,2-4H2,1H3,(H,16,17);1-2H2. The lowest BCUT2D eigenvalue weighted by molar-refractivity contribution is -0.137. The number of aryl methyl sites for hydroxylation is 1. The molecule has 0 atom stereocenters. The van der Waals surface area contributed by atoms with Gasteiger partial charge in [0.15, 0.2) is 5.69 Å². The minimum atomic E-state index is -4.53. The average molecular weight is 295 g/mol. The number of carbonyl (C=O) groups is 1. The van der Waals surface area contributed by atoms with Gasteiger partial charge in [-0.25, -0.2) is 9.78 Å². The highest BCUT2D eigenvalue weighted by Gasteiger charge is 2.32. The maximum Gasteiger partial charge on any atom is 0.417 e. The molecule has 0 spiro atoms. The molecule has 0 aromatic carbocycles. The predicted octanol–water partition coefficient (Wildman–Crippen LogP) is 1.20. The van der Waals surface area contributed by atoms with Crippen LogP contribution in [0.5, 0.6) is 0 Å². The number of aromatic carboxylic acids is 1. The summed E-state index contributed by atoms with van der Waals surface area (Å²) in [5.74, 6) is 6.66. The molecule has 1 aromatic rings. The van der Waals surface area contributed by atoms with E-state index >= 15 is 0 Å². The second-order valence-corrected chi connectivity index (χ2v) is 3.63. The maximum absolute atomic E-state index is 12.5. The van der Waals surface area contributed by atoms with Crippen LogP contribution in [0, 0.1) is 0 Å². The molecule has 0 bridgehead atoms. The van der Waals surface area contributed by atoms with Crippen molar-refractivity contribution in [2.75, 3.05) is 13.7 Å². The summed E-state index contributed by atoms with van der Waals surface area (Å²) in [5.41, 5.74) is -1.23. The van der Waals surface area contributed by atoms with Crippen LogP contribution < -0.4 is 11.7 Å². The summed E-state index contributed by atoms with van der Waals surface area (Å²) >= 11 is 0. The van der Waals surface area contributed by atoms with E-state index in [0.29, 0.717) is 19.2 Å².